The van der Waals surface area contributed by atoms with E-state index in [0.29, 0.717) is 23.0 Å². The van der Waals surface area contributed by atoms with Crippen molar-refractivity contribution in [3.63, 3.8) is 0 Å². The van der Waals surface area contributed by atoms with Crippen molar-refractivity contribution >= 4 is 17.2 Å². The molecule has 0 radical (unpaired) electrons. The molecule has 0 amide bonds. The number of anilines is 3. The molecule has 2 N–H and O–H groups in total. The van der Waals surface area contributed by atoms with Gasteiger partial charge in [-0.15, -0.1) is 0 Å². The smallest absolute Gasteiger partial charge is 0.157 e. The Bertz CT molecular complexity index is 687. The van der Waals surface area contributed by atoms with E-state index in [-0.39, 0.29) is 0 Å². The van der Waals surface area contributed by atoms with E-state index < -0.39 is 0 Å². The Morgan fingerprint density at radius 3 is 2.95 bits per heavy atom. The summed E-state index contributed by atoms with van der Waals surface area (Å²) in [4.78, 5) is 6.52. The number of hydrogen-bond donors (Lipinski definition) is 1. The summed E-state index contributed by atoms with van der Waals surface area (Å²) in [6.07, 6.45) is 2.71. The van der Waals surface area contributed by atoms with Crippen molar-refractivity contribution < 1.29 is 0 Å². The summed E-state index contributed by atoms with van der Waals surface area (Å²) in [5.74, 6) is 1.21. The van der Waals surface area contributed by atoms with E-state index in [2.05, 4.69) is 41.1 Å². The molecular formula is C16H16N4. The van der Waals surface area contributed by atoms with Crippen LogP contribution in [0.5, 0.6) is 0 Å². The van der Waals surface area contributed by atoms with E-state index in [0.717, 1.165) is 18.7 Å². The minimum absolute atomic E-state index is 0.457. The zero-order chi connectivity index (χ0) is 14.1. The first kappa shape index (κ1) is 12.5. The summed E-state index contributed by atoms with van der Waals surface area (Å²) in [5, 5.41) is 9.11. The molecule has 1 aromatic heterocycles. The van der Waals surface area contributed by atoms with Crippen LogP contribution in [-0.4, -0.2) is 11.5 Å². The third-order valence-corrected chi connectivity index (χ3v) is 3.69. The first-order chi connectivity index (χ1) is 9.70. The van der Waals surface area contributed by atoms with Crippen molar-refractivity contribution in [2.24, 2.45) is 5.92 Å². The molecule has 0 bridgehead atoms. The van der Waals surface area contributed by atoms with Crippen LogP contribution in [0.1, 0.15) is 18.1 Å². The topological polar surface area (TPSA) is 65.9 Å². The maximum atomic E-state index is 9.11. The Hall–Kier alpha value is -2.54. The molecule has 0 saturated heterocycles. The molecule has 0 saturated carbocycles. The summed E-state index contributed by atoms with van der Waals surface area (Å²) in [5.41, 5.74) is 9.47. The van der Waals surface area contributed by atoms with E-state index in [9.17, 15) is 0 Å². The van der Waals surface area contributed by atoms with Gasteiger partial charge in [0.05, 0.1) is 11.3 Å². The average molecular weight is 264 g/mol. The van der Waals surface area contributed by atoms with Gasteiger partial charge in [0, 0.05) is 18.4 Å². The highest BCUT2D eigenvalue weighted by Crippen LogP contribution is 2.37. The fourth-order valence-electron chi connectivity index (χ4n) is 2.77. The van der Waals surface area contributed by atoms with Crippen LogP contribution in [0.4, 0.5) is 17.2 Å². The minimum atomic E-state index is 0.457. The van der Waals surface area contributed by atoms with Gasteiger partial charge >= 0.3 is 0 Å². The van der Waals surface area contributed by atoms with Gasteiger partial charge in [-0.2, -0.15) is 5.26 Å². The van der Waals surface area contributed by atoms with Gasteiger partial charge in [0.2, 0.25) is 0 Å². The van der Waals surface area contributed by atoms with Crippen molar-refractivity contribution in [2.75, 3.05) is 17.2 Å². The van der Waals surface area contributed by atoms with Gasteiger partial charge in [0.15, 0.2) is 5.82 Å². The van der Waals surface area contributed by atoms with E-state index >= 15 is 0 Å². The van der Waals surface area contributed by atoms with E-state index in [4.69, 9.17) is 11.0 Å². The van der Waals surface area contributed by atoms with Crippen molar-refractivity contribution in [1.29, 1.82) is 5.26 Å². The molecule has 4 heteroatoms. The Morgan fingerprint density at radius 1 is 1.35 bits per heavy atom. The Kier molecular flexibility index (Phi) is 3.03. The number of benzene rings is 1. The van der Waals surface area contributed by atoms with Gasteiger partial charge in [-0.3, -0.25) is 0 Å². The van der Waals surface area contributed by atoms with Gasteiger partial charge in [0.25, 0.3) is 0 Å². The molecule has 2 aromatic rings. The van der Waals surface area contributed by atoms with Gasteiger partial charge < -0.3 is 10.6 Å². The van der Waals surface area contributed by atoms with Crippen molar-refractivity contribution in [2.45, 2.75) is 13.3 Å². The lowest BCUT2D eigenvalue weighted by Gasteiger charge is -2.34. The highest BCUT2D eigenvalue weighted by Gasteiger charge is 2.25. The lowest BCUT2D eigenvalue weighted by molar-refractivity contribution is 0.560. The first-order valence-corrected chi connectivity index (χ1v) is 6.70. The molecule has 0 spiro atoms. The number of hydrogen-bond acceptors (Lipinski definition) is 4. The lowest BCUT2D eigenvalue weighted by atomic mass is 9.94. The number of nitriles is 1. The van der Waals surface area contributed by atoms with Crippen LogP contribution in [0.25, 0.3) is 0 Å². The van der Waals surface area contributed by atoms with Crippen molar-refractivity contribution in [3.8, 4) is 6.07 Å². The predicted octanol–water partition coefficient (Wildman–Crippen LogP) is 2.87. The average Bonchev–Trinajstić information content (AvgIpc) is 2.46. The standard InChI is InChI=1S/C16H16N4/c1-11-8-12-4-2-3-5-14(12)20(10-11)16-15(18)13(9-17)6-7-19-16/h2-7,11H,8,10,18H2,1H3. The van der Waals surface area contributed by atoms with Gasteiger partial charge in [-0.05, 0) is 30.0 Å². The lowest BCUT2D eigenvalue weighted by Crippen LogP contribution is -2.31. The normalized spacial score (nSPS) is 17.4. The zero-order valence-electron chi connectivity index (χ0n) is 11.4. The van der Waals surface area contributed by atoms with Crippen LogP contribution in [0.3, 0.4) is 0 Å². The molecule has 100 valence electrons. The van der Waals surface area contributed by atoms with Gasteiger partial charge in [-0.25, -0.2) is 4.98 Å². The molecule has 0 fully saturated rings. The SMILES string of the molecule is CC1Cc2ccccc2N(c2nccc(C#N)c2N)C1. The summed E-state index contributed by atoms with van der Waals surface area (Å²) in [6, 6.07) is 12.1. The summed E-state index contributed by atoms with van der Waals surface area (Å²) < 4.78 is 0. The Morgan fingerprint density at radius 2 is 2.15 bits per heavy atom. The van der Waals surface area contributed by atoms with Gasteiger partial charge in [0.1, 0.15) is 6.07 Å². The molecule has 1 aliphatic rings. The summed E-state index contributed by atoms with van der Waals surface area (Å²) >= 11 is 0. The van der Waals surface area contributed by atoms with Crippen molar-refractivity contribution in [3.05, 3.63) is 47.7 Å². The maximum Gasteiger partial charge on any atom is 0.157 e. The number of pyridine rings is 1. The number of nitrogen functional groups attached to an aromatic ring is 1. The molecule has 0 aliphatic carbocycles. The quantitative estimate of drug-likeness (QED) is 0.860. The number of nitrogens with two attached hydrogens (primary N) is 1. The first-order valence-electron chi connectivity index (χ1n) is 6.70. The highest BCUT2D eigenvalue weighted by molar-refractivity contribution is 5.77. The largest absolute Gasteiger partial charge is 0.395 e. The number of fused-ring (bicyclic) bond motifs is 1. The molecule has 1 unspecified atom stereocenters. The number of para-hydroxylation sites is 1. The minimum Gasteiger partial charge on any atom is -0.395 e. The predicted molar refractivity (Wildman–Crippen MR) is 79.7 cm³/mol. The summed E-state index contributed by atoms with van der Waals surface area (Å²) in [6.45, 7) is 3.08. The Labute approximate surface area is 118 Å². The van der Waals surface area contributed by atoms with E-state index in [1.165, 1.54) is 5.56 Å². The van der Waals surface area contributed by atoms with Crippen LogP contribution in [0.2, 0.25) is 0 Å². The molecular weight excluding hydrogens is 248 g/mol. The fourth-order valence-corrected chi connectivity index (χ4v) is 2.77. The molecule has 1 aromatic carbocycles. The fraction of sp³-hybridized carbons (Fsp3) is 0.250. The number of nitrogens with zero attached hydrogens (tertiary/aromatic N) is 3. The van der Waals surface area contributed by atoms with E-state index in [1.54, 1.807) is 12.3 Å². The number of rotatable bonds is 1. The van der Waals surface area contributed by atoms with Crippen LogP contribution >= 0.6 is 0 Å². The maximum absolute atomic E-state index is 9.11. The third kappa shape index (κ3) is 1.97. The monoisotopic (exact) mass is 264 g/mol. The van der Waals surface area contributed by atoms with Crippen molar-refractivity contribution in [1.82, 2.24) is 4.98 Å². The molecule has 3 rings (SSSR count). The zero-order valence-corrected chi connectivity index (χ0v) is 11.4. The second-order valence-corrected chi connectivity index (χ2v) is 5.26. The summed E-state index contributed by atoms with van der Waals surface area (Å²) in [7, 11) is 0. The highest BCUT2D eigenvalue weighted by atomic mass is 15.2. The van der Waals surface area contributed by atoms with Gasteiger partial charge in [-0.1, -0.05) is 25.1 Å². The molecule has 4 nitrogen and oxygen atoms in total. The Balaban J connectivity index is 2.14. The second-order valence-electron chi connectivity index (χ2n) is 5.26. The third-order valence-electron chi connectivity index (χ3n) is 3.69. The van der Waals surface area contributed by atoms with Crippen LogP contribution < -0.4 is 10.6 Å². The van der Waals surface area contributed by atoms with Crippen LogP contribution in [0, 0.1) is 17.2 Å². The molecule has 20 heavy (non-hydrogen) atoms. The number of aromatic nitrogens is 1. The van der Waals surface area contributed by atoms with Crippen LogP contribution in [-0.2, 0) is 6.42 Å². The molecule has 2 heterocycles. The molecule has 1 atom stereocenters. The van der Waals surface area contributed by atoms with E-state index in [1.807, 2.05) is 6.07 Å². The second kappa shape index (κ2) is 4.86. The molecule has 1 aliphatic heterocycles. The van der Waals surface area contributed by atoms with Crippen LogP contribution in [0.15, 0.2) is 36.5 Å².